The fourth-order valence-electron chi connectivity index (χ4n) is 2.88. The molecule has 1 aliphatic heterocycles. The van der Waals surface area contributed by atoms with Gasteiger partial charge in [-0.25, -0.2) is 0 Å². The van der Waals surface area contributed by atoms with Crippen LogP contribution in [0.15, 0.2) is 11.4 Å². The first kappa shape index (κ1) is 15.8. The van der Waals surface area contributed by atoms with E-state index in [-0.39, 0.29) is 5.92 Å². The van der Waals surface area contributed by atoms with E-state index in [0.717, 1.165) is 30.3 Å². The highest BCUT2D eigenvalue weighted by molar-refractivity contribution is 7.14. The van der Waals surface area contributed by atoms with Gasteiger partial charge in [0.05, 0.1) is 9.75 Å². The minimum Gasteiger partial charge on any atom is -0.481 e. The van der Waals surface area contributed by atoms with E-state index in [1.807, 2.05) is 19.9 Å². The van der Waals surface area contributed by atoms with Gasteiger partial charge < -0.3 is 5.11 Å². The number of thiophene rings is 1. The second-order valence-corrected chi connectivity index (χ2v) is 7.76. The zero-order valence-electron chi connectivity index (χ0n) is 12.2. The molecule has 0 bridgehead atoms. The van der Waals surface area contributed by atoms with Gasteiger partial charge in [0.1, 0.15) is 0 Å². The van der Waals surface area contributed by atoms with E-state index in [1.54, 1.807) is 11.3 Å². The SMILES string of the molecule is CC(c1csc(Cl)c1)N1CCCC(C(C)(C)C(=O)O)C1. The molecule has 2 unspecified atom stereocenters. The third-order valence-electron chi connectivity index (χ3n) is 4.64. The van der Waals surface area contributed by atoms with Gasteiger partial charge in [0.15, 0.2) is 0 Å². The number of aliphatic carboxylic acids is 1. The Morgan fingerprint density at radius 3 is 2.85 bits per heavy atom. The third-order valence-corrected chi connectivity index (χ3v) is 5.75. The molecule has 1 aromatic heterocycles. The van der Waals surface area contributed by atoms with Crippen LogP contribution in [0.5, 0.6) is 0 Å². The van der Waals surface area contributed by atoms with Crippen molar-refractivity contribution in [3.63, 3.8) is 0 Å². The molecule has 0 spiro atoms. The number of carboxylic acid groups (broad SMARTS) is 1. The number of hydrogen-bond donors (Lipinski definition) is 1. The molecule has 0 aromatic carbocycles. The minimum atomic E-state index is -0.699. The van der Waals surface area contributed by atoms with E-state index in [9.17, 15) is 9.90 Å². The third kappa shape index (κ3) is 3.18. The Kier molecular flexibility index (Phi) is 4.77. The predicted molar refractivity (Wildman–Crippen MR) is 83.5 cm³/mol. The van der Waals surface area contributed by atoms with Gasteiger partial charge in [-0.15, -0.1) is 11.3 Å². The highest BCUT2D eigenvalue weighted by atomic mass is 35.5. The number of carboxylic acids is 1. The molecule has 2 heterocycles. The number of halogens is 1. The van der Waals surface area contributed by atoms with Crippen LogP contribution in [0.1, 0.15) is 45.2 Å². The molecule has 1 fully saturated rings. The Balaban J connectivity index is 2.09. The molecule has 0 aliphatic carbocycles. The van der Waals surface area contributed by atoms with Crippen LogP contribution in [0.25, 0.3) is 0 Å². The monoisotopic (exact) mass is 315 g/mol. The van der Waals surface area contributed by atoms with Gasteiger partial charge in [-0.3, -0.25) is 9.69 Å². The molecule has 2 rings (SSSR count). The van der Waals surface area contributed by atoms with E-state index in [2.05, 4.69) is 17.2 Å². The van der Waals surface area contributed by atoms with Gasteiger partial charge in [-0.05, 0) is 63.1 Å². The molecular weight excluding hydrogens is 294 g/mol. The highest BCUT2D eigenvalue weighted by Crippen LogP contribution is 2.37. The summed E-state index contributed by atoms with van der Waals surface area (Å²) in [5.74, 6) is -0.499. The van der Waals surface area contributed by atoms with Crippen LogP contribution in [-0.2, 0) is 4.79 Å². The maximum atomic E-state index is 11.4. The molecule has 1 aliphatic rings. The fourth-order valence-corrected chi connectivity index (χ4v) is 3.85. The normalized spacial score (nSPS) is 22.7. The summed E-state index contributed by atoms with van der Waals surface area (Å²) in [6, 6.07) is 2.31. The molecule has 1 N–H and O–H groups in total. The lowest BCUT2D eigenvalue weighted by atomic mass is 9.74. The fraction of sp³-hybridized carbons (Fsp3) is 0.667. The van der Waals surface area contributed by atoms with Gasteiger partial charge in [0, 0.05) is 12.6 Å². The van der Waals surface area contributed by atoms with Crippen molar-refractivity contribution in [1.29, 1.82) is 0 Å². The average molecular weight is 316 g/mol. The molecule has 5 heteroatoms. The number of nitrogens with zero attached hydrogens (tertiary/aromatic N) is 1. The van der Waals surface area contributed by atoms with Crippen molar-refractivity contribution in [3.8, 4) is 0 Å². The lowest BCUT2D eigenvalue weighted by Crippen LogP contribution is -2.45. The largest absolute Gasteiger partial charge is 0.481 e. The molecule has 0 radical (unpaired) electrons. The molecule has 0 saturated carbocycles. The minimum absolute atomic E-state index is 0.199. The number of hydrogen-bond acceptors (Lipinski definition) is 3. The maximum Gasteiger partial charge on any atom is 0.309 e. The summed E-state index contributed by atoms with van der Waals surface area (Å²) in [7, 11) is 0. The summed E-state index contributed by atoms with van der Waals surface area (Å²) in [5, 5.41) is 11.5. The Morgan fingerprint density at radius 1 is 1.60 bits per heavy atom. The van der Waals surface area contributed by atoms with Gasteiger partial charge in [0.25, 0.3) is 0 Å². The van der Waals surface area contributed by atoms with Gasteiger partial charge >= 0.3 is 5.97 Å². The van der Waals surface area contributed by atoms with Gasteiger partial charge in [-0.2, -0.15) is 0 Å². The maximum absolute atomic E-state index is 11.4. The van der Waals surface area contributed by atoms with E-state index in [0.29, 0.717) is 6.04 Å². The van der Waals surface area contributed by atoms with Crippen molar-refractivity contribution >= 4 is 28.9 Å². The molecule has 3 nitrogen and oxygen atoms in total. The van der Waals surface area contributed by atoms with Crippen molar-refractivity contribution in [1.82, 2.24) is 4.90 Å². The summed E-state index contributed by atoms with van der Waals surface area (Å²) >= 11 is 7.56. The van der Waals surface area contributed by atoms with E-state index < -0.39 is 11.4 Å². The number of carbonyl (C=O) groups is 1. The van der Waals surface area contributed by atoms with Crippen LogP contribution in [0.3, 0.4) is 0 Å². The predicted octanol–water partition coefficient (Wildman–Crippen LogP) is 4.29. The summed E-state index contributed by atoms with van der Waals surface area (Å²) in [6.45, 7) is 7.73. The Labute approximate surface area is 129 Å². The molecule has 1 saturated heterocycles. The van der Waals surface area contributed by atoms with E-state index in [1.165, 1.54) is 5.56 Å². The molecular formula is C15H22ClNO2S. The molecule has 20 heavy (non-hydrogen) atoms. The first-order valence-electron chi connectivity index (χ1n) is 7.03. The van der Waals surface area contributed by atoms with Crippen LogP contribution in [0.2, 0.25) is 4.34 Å². The molecule has 112 valence electrons. The second-order valence-electron chi connectivity index (χ2n) is 6.22. The van der Waals surface area contributed by atoms with E-state index >= 15 is 0 Å². The van der Waals surface area contributed by atoms with Gasteiger partial charge in [-0.1, -0.05) is 11.6 Å². The summed E-state index contributed by atoms with van der Waals surface area (Å²) in [4.78, 5) is 13.8. The van der Waals surface area contributed by atoms with Crippen molar-refractivity contribution in [2.75, 3.05) is 13.1 Å². The highest BCUT2D eigenvalue weighted by Gasteiger charge is 2.39. The molecule has 0 amide bonds. The Bertz CT molecular complexity index is 486. The van der Waals surface area contributed by atoms with Crippen LogP contribution < -0.4 is 0 Å². The second kappa shape index (κ2) is 6.04. The first-order valence-corrected chi connectivity index (χ1v) is 8.29. The van der Waals surface area contributed by atoms with Crippen LogP contribution in [0.4, 0.5) is 0 Å². The number of likely N-dealkylation sites (tertiary alicyclic amines) is 1. The van der Waals surface area contributed by atoms with Crippen LogP contribution in [-0.4, -0.2) is 29.1 Å². The summed E-state index contributed by atoms with van der Waals surface area (Å²) < 4.78 is 0.811. The van der Waals surface area contributed by atoms with Crippen LogP contribution >= 0.6 is 22.9 Å². The van der Waals surface area contributed by atoms with Crippen LogP contribution in [0, 0.1) is 11.3 Å². The van der Waals surface area contributed by atoms with Crippen molar-refractivity contribution in [3.05, 3.63) is 21.3 Å². The number of piperidine rings is 1. The summed E-state index contributed by atoms with van der Waals surface area (Å²) in [5.41, 5.74) is 0.568. The zero-order chi connectivity index (χ0) is 14.9. The molecule has 1 aromatic rings. The van der Waals surface area contributed by atoms with Gasteiger partial charge in [0.2, 0.25) is 0 Å². The van der Waals surface area contributed by atoms with Crippen molar-refractivity contribution in [2.24, 2.45) is 11.3 Å². The van der Waals surface area contributed by atoms with Crippen molar-refractivity contribution in [2.45, 2.75) is 39.7 Å². The standard InChI is InChI=1S/C15H22ClNO2S/c1-10(11-7-13(16)20-9-11)17-6-4-5-12(8-17)15(2,3)14(18)19/h7,9-10,12H,4-6,8H2,1-3H3,(H,18,19). The quantitative estimate of drug-likeness (QED) is 0.901. The lowest BCUT2D eigenvalue weighted by Gasteiger charge is -2.41. The zero-order valence-corrected chi connectivity index (χ0v) is 13.8. The van der Waals surface area contributed by atoms with Crippen molar-refractivity contribution < 1.29 is 9.90 Å². The topological polar surface area (TPSA) is 40.5 Å². The lowest BCUT2D eigenvalue weighted by molar-refractivity contribution is -0.151. The smallest absolute Gasteiger partial charge is 0.309 e. The Hall–Kier alpha value is -0.580. The van der Waals surface area contributed by atoms with E-state index in [4.69, 9.17) is 11.6 Å². The average Bonchev–Trinajstić information content (AvgIpc) is 2.84. The Morgan fingerprint density at radius 2 is 2.30 bits per heavy atom. The first-order chi connectivity index (χ1) is 9.32. The molecule has 2 atom stereocenters. The number of rotatable bonds is 4. The summed E-state index contributed by atoms with van der Waals surface area (Å²) in [6.07, 6.45) is 2.05.